The predicted molar refractivity (Wildman–Crippen MR) is 132 cm³/mol. The number of carbonyl (C=O) groups excluding carboxylic acids is 1. The number of hydrogen-bond acceptors (Lipinski definition) is 4. The maximum Gasteiger partial charge on any atom is 0.238 e. The molecule has 0 spiro atoms. The number of likely N-dealkylation sites (N-methyl/N-ethyl adjacent to an activating group) is 1. The molecule has 0 aromatic heterocycles. The molecule has 1 atom stereocenters. The molecule has 32 heavy (non-hydrogen) atoms. The number of benzene rings is 2. The molecule has 1 amide bonds. The highest BCUT2D eigenvalue weighted by molar-refractivity contribution is 5.92. The molecular weight excluding hydrogens is 402 g/mol. The van der Waals surface area contributed by atoms with Gasteiger partial charge in [0.05, 0.1) is 12.6 Å². The molecule has 0 radical (unpaired) electrons. The lowest BCUT2D eigenvalue weighted by Gasteiger charge is -2.18. The van der Waals surface area contributed by atoms with Gasteiger partial charge in [-0.05, 0) is 63.7 Å². The van der Waals surface area contributed by atoms with Crippen LogP contribution in [0.5, 0.6) is 5.75 Å². The minimum Gasteiger partial charge on any atom is -0.490 e. The lowest BCUT2D eigenvalue weighted by Crippen LogP contribution is -2.36. The molecule has 2 aromatic carbocycles. The van der Waals surface area contributed by atoms with Crippen molar-refractivity contribution in [1.82, 2.24) is 15.5 Å². The quantitative estimate of drug-likeness (QED) is 0.390. The van der Waals surface area contributed by atoms with Crippen LogP contribution in [0, 0.1) is 6.92 Å². The molecule has 7 nitrogen and oxygen atoms in total. The standard InChI is InChI=1S/C25H37N5O2/c1-7-19(3)32-23-13-18(2)11-12-21(23)16-28-25(26-4)27-15-20-9-8-10-22(14-20)29-24(31)17-30(5)6/h8-14,19H,7,15-17H2,1-6H3,(H,29,31)(H2,26,27,28). The topological polar surface area (TPSA) is 78.0 Å². The molecule has 0 heterocycles. The van der Waals surface area contributed by atoms with E-state index in [4.69, 9.17) is 4.74 Å². The molecule has 2 aromatic rings. The summed E-state index contributed by atoms with van der Waals surface area (Å²) in [5.41, 5.74) is 4.09. The van der Waals surface area contributed by atoms with Crippen molar-refractivity contribution in [2.75, 3.05) is 33.0 Å². The Balaban J connectivity index is 1.94. The molecule has 0 fully saturated rings. The number of anilines is 1. The Kier molecular flexibility index (Phi) is 10.0. The molecule has 7 heteroatoms. The Bertz CT molecular complexity index is 911. The van der Waals surface area contributed by atoms with Crippen LogP contribution in [0.2, 0.25) is 0 Å². The summed E-state index contributed by atoms with van der Waals surface area (Å²) in [5.74, 6) is 1.57. The number of guanidine groups is 1. The van der Waals surface area contributed by atoms with Crippen molar-refractivity contribution in [3.05, 3.63) is 59.2 Å². The van der Waals surface area contributed by atoms with Crippen LogP contribution in [0.1, 0.15) is 37.0 Å². The van der Waals surface area contributed by atoms with Gasteiger partial charge in [-0.15, -0.1) is 0 Å². The average molecular weight is 440 g/mol. The van der Waals surface area contributed by atoms with E-state index in [1.54, 1.807) is 7.05 Å². The molecule has 0 bridgehead atoms. The summed E-state index contributed by atoms with van der Waals surface area (Å²) in [6.07, 6.45) is 1.12. The van der Waals surface area contributed by atoms with Gasteiger partial charge in [-0.2, -0.15) is 0 Å². The highest BCUT2D eigenvalue weighted by Crippen LogP contribution is 2.22. The molecule has 0 saturated heterocycles. The fourth-order valence-electron chi connectivity index (χ4n) is 3.05. The number of carbonyl (C=O) groups is 1. The number of rotatable bonds is 10. The normalized spacial score (nSPS) is 12.4. The van der Waals surface area contributed by atoms with Crippen LogP contribution in [-0.4, -0.2) is 50.6 Å². The van der Waals surface area contributed by atoms with Gasteiger partial charge in [-0.25, -0.2) is 0 Å². The van der Waals surface area contributed by atoms with E-state index in [0.717, 1.165) is 29.0 Å². The van der Waals surface area contributed by atoms with Crippen LogP contribution >= 0.6 is 0 Å². The molecule has 174 valence electrons. The van der Waals surface area contributed by atoms with E-state index in [0.29, 0.717) is 25.6 Å². The lowest BCUT2D eigenvalue weighted by molar-refractivity contribution is -0.116. The van der Waals surface area contributed by atoms with Gasteiger partial charge in [0, 0.05) is 31.4 Å². The first-order valence-electron chi connectivity index (χ1n) is 11.0. The monoisotopic (exact) mass is 439 g/mol. The summed E-state index contributed by atoms with van der Waals surface area (Å²) in [7, 11) is 5.49. The first kappa shape index (κ1) is 25.2. The summed E-state index contributed by atoms with van der Waals surface area (Å²) in [6.45, 7) is 7.80. The van der Waals surface area contributed by atoms with Gasteiger partial charge in [0.2, 0.25) is 5.91 Å². The van der Waals surface area contributed by atoms with Gasteiger partial charge in [-0.1, -0.05) is 31.2 Å². The lowest BCUT2D eigenvalue weighted by atomic mass is 10.1. The molecule has 1 unspecified atom stereocenters. The largest absolute Gasteiger partial charge is 0.490 e. The second-order valence-corrected chi connectivity index (χ2v) is 8.21. The van der Waals surface area contributed by atoms with Crippen molar-refractivity contribution in [1.29, 1.82) is 0 Å². The highest BCUT2D eigenvalue weighted by atomic mass is 16.5. The van der Waals surface area contributed by atoms with E-state index in [9.17, 15) is 4.79 Å². The minimum absolute atomic E-state index is 0.0360. The molecule has 0 aliphatic carbocycles. The second-order valence-electron chi connectivity index (χ2n) is 8.21. The average Bonchev–Trinajstić information content (AvgIpc) is 2.74. The van der Waals surface area contributed by atoms with E-state index in [2.05, 4.69) is 59.9 Å². The summed E-state index contributed by atoms with van der Waals surface area (Å²) in [4.78, 5) is 18.2. The summed E-state index contributed by atoms with van der Waals surface area (Å²) < 4.78 is 6.10. The molecule has 0 aliphatic rings. The van der Waals surface area contributed by atoms with Gasteiger partial charge >= 0.3 is 0 Å². The summed E-state index contributed by atoms with van der Waals surface area (Å²) in [6, 6.07) is 14.1. The number of ether oxygens (including phenoxy) is 1. The van der Waals surface area contributed by atoms with Crippen LogP contribution in [0.4, 0.5) is 5.69 Å². The minimum atomic E-state index is -0.0360. The molecule has 0 aliphatic heterocycles. The van der Waals surface area contributed by atoms with Crippen molar-refractivity contribution in [3.63, 3.8) is 0 Å². The van der Waals surface area contributed by atoms with E-state index >= 15 is 0 Å². The third-order valence-electron chi connectivity index (χ3n) is 4.93. The zero-order valence-electron chi connectivity index (χ0n) is 20.2. The first-order valence-corrected chi connectivity index (χ1v) is 11.0. The third kappa shape index (κ3) is 8.59. The van der Waals surface area contributed by atoms with E-state index in [1.165, 1.54) is 5.56 Å². The Morgan fingerprint density at radius 1 is 1.12 bits per heavy atom. The van der Waals surface area contributed by atoms with E-state index in [-0.39, 0.29) is 12.0 Å². The van der Waals surface area contributed by atoms with E-state index < -0.39 is 0 Å². The number of nitrogens with zero attached hydrogens (tertiary/aromatic N) is 2. The highest BCUT2D eigenvalue weighted by Gasteiger charge is 2.09. The number of hydrogen-bond donors (Lipinski definition) is 3. The van der Waals surface area contributed by atoms with Gasteiger partial charge in [0.1, 0.15) is 5.75 Å². The van der Waals surface area contributed by atoms with Gasteiger partial charge in [-0.3, -0.25) is 9.79 Å². The maximum atomic E-state index is 12.0. The van der Waals surface area contributed by atoms with Gasteiger partial charge in [0.25, 0.3) is 0 Å². The number of nitrogens with one attached hydrogen (secondary N) is 3. The van der Waals surface area contributed by atoms with E-state index in [1.807, 2.05) is 43.3 Å². The Morgan fingerprint density at radius 3 is 2.56 bits per heavy atom. The van der Waals surface area contributed by atoms with Crippen LogP contribution < -0.4 is 20.7 Å². The summed E-state index contributed by atoms with van der Waals surface area (Å²) in [5, 5.41) is 9.61. The van der Waals surface area contributed by atoms with Crippen LogP contribution in [-0.2, 0) is 17.9 Å². The molecule has 2 rings (SSSR count). The molecule has 0 saturated carbocycles. The Morgan fingerprint density at radius 2 is 1.88 bits per heavy atom. The molecule has 3 N–H and O–H groups in total. The van der Waals surface area contributed by atoms with Gasteiger partial charge in [0.15, 0.2) is 5.96 Å². The van der Waals surface area contributed by atoms with Crippen molar-refractivity contribution >= 4 is 17.6 Å². The maximum absolute atomic E-state index is 12.0. The Labute approximate surface area is 192 Å². The zero-order chi connectivity index (χ0) is 23.5. The van der Waals surface area contributed by atoms with Crippen LogP contribution in [0.3, 0.4) is 0 Å². The molecular formula is C25H37N5O2. The fourth-order valence-corrected chi connectivity index (χ4v) is 3.05. The van der Waals surface area contributed by atoms with Gasteiger partial charge < -0.3 is 25.6 Å². The van der Waals surface area contributed by atoms with Crippen molar-refractivity contribution in [2.24, 2.45) is 4.99 Å². The summed E-state index contributed by atoms with van der Waals surface area (Å²) >= 11 is 0. The van der Waals surface area contributed by atoms with Crippen molar-refractivity contribution in [3.8, 4) is 5.75 Å². The third-order valence-corrected chi connectivity index (χ3v) is 4.93. The SMILES string of the molecule is CCC(C)Oc1cc(C)ccc1CNC(=NC)NCc1cccc(NC(=O)CN(C)C)c1. The van der Waals surface area contributed by atoms with Crippen LogP contribution in [0.25, 0.3) is 0 Å². The fraction of sp³-hybridized carbons (Fsp3) is 0.440. The number of aryl methyl sites for hydroxylation is 1. The zero-order valence-corrected chi connectivity index (χ0v) is 20.2. The second kappa shape index (κ2) is 12.7. The van der Waals surface area contributed by atoms with Crippen molar-refractivity contribution in [2.45, 2.75) is 46.4 Å². The number of aliphatic imine (C=N–C) groups is 1. The Hall–Kier alpha value is -3.06. The smallest absolute Gasteiger partial charge is 0.238 e. The predicted octanol–water partition coefficient (Wildman–Crippen LogP) is 3.54. The van der Waals surface area contributed by atoms with Crippen molar-refractivity contribution < 1.29 is 9.53 Å². The van der Waals surface area contributed by atoms with Crippen LogP contribution in [0.15, 0.2) is 47.5 Å². The first-order chi connectivity index (χ1) is 15.3. The number of amides is 1.